The molecule has 0 fully saturated rings. The number of carbonyl (C=O) groups is 1. The van der Waals surface area contributed by atoms with E-state index in [0.717, 1.165) is 11.1 Å². The van der Waals surface area contributed by atoms with Crippen molar-refractivity contribution >= 4 is 21.6 Å². The third-order valence-corrected chi connectivity index (χ3v) is 6.87. The molecule has 8 heteroatoms. The first kappa shape index (κ1) is 23.0. The summed E-state index contributed by atoms with van der Waals surface area (Å²) in [5.74, 6) is -0.767. The normalized spacial score (nSPS) is 12.8. The van der Waals surface area contributed by atoms with Gasteiger partial charge in [-0.05, 0) is 43.7 Å². The lowest BCUT2D eigenvalue weighted by atomic mass is 10.1. The molecule has 0 aromatic heterocycles. The Labute approximate surface area is 172 Å². The van der Waals surface area contributed by atoms with Crippen LogP contribution >= 0.6 is 0 Å². The summed E-state index contributed by atoms with van der Waals surface area (Å²) in [6.45, 7) is 8.27. The maximum atomic E-state index is 13.8. The van der Waals surface area contributed by atoms with Crippen molar-refractivity contribution in [3.63, 3.8) is 0 Å². The zero-order valence-electron chi connectivity index (χ0n) is 17.3. The fourth-order valence-electron chi connectivity index (χ4n) is 3.00. The van der Waals surface area contributed by atoms with Gasteiger partial charge in [0.25, 0.3) is 5.91 Å². The van der Waals surface area contributed by atoms with E-state index in [1.807, 2.05) is 12.2 Å². The van der Waals surface area contributed by atoms with Crippen molar-refractivity contribution in [3.05, 3.63) is 59.4 Å². The molecule has 0 aliphatic carbocycles. The number of amides is 1. The van der Waals surface area contributed by atoms with Gasteiger partial charge >= 0.3 is 0 Å². The first-order valence-electron chi connectivity index (χ1n) is 9.68. The van der Waals surface area contributed by atoms with E-state index in [9.17, 15) is 17.6 Å². The topological polar surface area (TPSA) is 83.1 Å². The van der Waals surface area contributed by atoms with Crippen LogP contribution in [0.25, 0.3) is 0 Å². The van der Waals surface area contributed by atoms with E-state index in [1.54, 1.807) is 57.2 Å². The summed E-state index contributed by atoms with van der Waals surface area (Å²) < 4.78 is 40.3. The Bertz CT molecular complexity index is 942. The van der Waals surface area contributed by atoms with E-state index in [1.165, 1.54) is 10.4 Å². The molecule has 0 saturated carbocycles. The number of nitrogens with two attached hydrogens (primary N) is 1. The summed E-state index contributed by atoms with van der Waals surface area (Å²) >= 11 is 0. The zero-order valence-corrected chi connectivity index (χ0v) is 18.1. The van der Waals surface area contributed by atoms with E-state index >= 15 is 0 Å². The molecule has 0 bridgehead atoms. The number of halogens is 1. The van der Waals surface area contributed by atoms with Crippen LogP contribution in [0.5, 0.6) is 0 Å². The quantitative estimate of drug-likeness (QED) is 0.651. The first-order valence-corrected chi connectivity index (χ1v) is 11.1. The highest BCUT2D eigenvalue weighted by molar-refractivity contribution is 7.89. The SMILES string of the molecule is CCN(CC)S(=O)(=O)c1ccc([C@H](C)[NH2+]CC(=O)Nc2ccc(C)cc2F)cc1. The highest BCUT2D eigenvalue weighted by atomic mass is 32.2. The van der Waals surface area contributed by atoms with Crippen LogP contribution < -0.4 is 10.6 Å². The molecule has 2 rings (SSSR count). The molecule has 0 heterocycles. The van der Waals surface area contributed by atoms with Gasteiger partial charge in [0.2, 0.25) is 10.0 Å². The van der Waals surface area contributed by atoms with Gasteiger partial charge in [-0.25, -0.2) is 12.8 Å². The van der Waals surface area contributed by atoms with Gasteiger partial charge in [0, 0.05) is 18.7 Å². The van der Waals surface area contributed by atoms with Crippen molar-refractivity contribution in [2.75, 3.05) is 25.0 Å². The first-order chi connectivity index (χ1) is 13.7. The number of hydrogen-bond donors (Lipinski definition) is 2. The maximum Gasteiger partial charge on any atom is 0.279 e. The number of aryl methyl sites for hydroxylation is 1. The minimum absolute atomic E-state index is 0.0613. The number of quaternary nitrogens is 1. The Morgan fingerprint density at radius 1 is 1.14 bits per heavy atom. The van der Waals surface area contributed by atoms with Crippen molar-refractivity contribution in [2.45, 2.75) is 38.6 Å². The number of nitrogens with zero attached hydrogens (tertiary/aromatic N) is 1. The molecule has 158 valence electrons. The number of benzene rings is 2. The molecule has 0 unspecified atom stereocenters. The van der Waals surface area contributed by atoms with E-state index in [4.69, 9.17) is 0 Å². The lowest BCUT2D eigenvalue weighted by Gasteiger charge is -2.19. The van der Waals surface area contributed by atoms with Gasteiger partial charge in [-0.2, -0.15) is 4.31 Å². The van der Waals surface area contributed by atoms with Crippen LogP contribution in [-0.2, 0) is 14.8 Å². The summed E-state index contributed by atoms with van der Waals surface area (Å²) in [7, 11) is -3.49. The van der Waals surface area contributed by atoms with Gasteiger partial charge in [-0.15, -0.1) is 0 Å². The number of nitrogens with one attached hydrogen (secondary N) is 1. The van der Waals surface area contributed by atoms with Gasteiger partial charge in [-0.3, -0.25) is 4.79 Å². The van der Waals surface area contributed by atoms with E-state index in [0.29, 0.717) is 13.1 Å². The third kappa shape index (κ3) is 5.85. The van der Waals surface area contributed by atoms with Crippen molar-refractivity contribution in [1.82, 2.24) is 4.31 Å². The molecule has 1 atom stereocenters. The Morgan fingerprint density at radius 3 is 2.31 bits per heavy atom. The van der Waals surface area contributed by atoms with Gasteiger partial charge in [0.1, 0.15) is 11.9 Å². The summed E-state index contributed by atoms with van der Waals surface area (Å²) in [6.07, 6.45) is 0. The minimum atomic E-state index is -3.49. The predicted octanol–water partition coefficient (Wildman–Crippen LogP) is 2.43. The predicted molar refractivity (Wildman–Crippen MR) is 112 cm³/mol. The molecule has 0 spiro atoms. The Kier molecular flexibility index (Phi) is 7.89. The molecule has 0 aliphatic heterocycles. The van der Waals surface area contributed by atoms with E-state index in [-0.39, 0.29) is 29.1 Å². The van der Waals surface area contributed by atoms with Crippen LogP contribution in [0.3, 0.4) is 0 Å². The van der Waals surface area contributed by atoms with Crippen molar-refractivity contribution in [1.29, 1.82) is 0 Å². The van der Waals surface area contributed by atoms with Gasteiger partial charge in [-0.1, -0.05) is 32.0 Å². The average molecular weight is 423 g/mol. The summed E-state index contributed by atoms with van der Waals surface area (Å²) in [5.41, 5.74) is 1.84. The van der Waals surface area contributed by atoms with Gasteiger partial charge < -0.3 is 10.6 Å². The summed E-state index contributed by atoms with van der Waals surface area (Å²) in [6, 6.07) is 11.3. The summed E-state index contributed by atoms with van der Waals surface area (Å²) in [4.78, 5) is 12.4. The number of rotatable bonds is 9. The molecule has 29 heavy (non-hydrogen) atoms. The standard InChI is InChI=1S/C21H28FN3O3S/c1-5-25(6-2)29(27,28)18-10-8-17(9-11-18)16(4)23-14-21(26)24-20-12-7-15(3)13-19(20)22/h7-13,16,23H,5-6,14H2,1-4H3,(H,24,26)/p+1/t16-/m0/s1. The van der Waals surface area contributed by atoms with Crippen molar-refractivity contribution in [2.24, 2.45) is 0 Å². The Morgan fingerprint density at radius 2 is 1.76 bits per heavy atom. The lowest BCUT2D eigenvalue weighted by molar-refractivity contribution is -0.682. The monoisotopic (exact) mass is 422 g/mol. The van der Waals surface area contributed by atoms with Crippen LogP contribution in [0, 0.1) is 12.7 Å². The number of carbonyl (C=O) groups excluding carboxylic acids is 1. The average Bonchev–Trinajstić information content (AvgIpc) is 2.69. The van der Waals surface area contributed by atoms with Crippen LogP contribution in [0.15, 0.2) is 47.4 Å². The molecule has 0 saturated heterocycles. The van der Waals surface area contributed by atoms with Crippen LogP contribution in [-0.4, -0.2) is 38.3 Å². The minimum Gasteiger partial charge on any atom is -0.333 e. The van der Waals surface area contributed by atoms with E-state index < -0.39 is 15.8 Å². The zero-order chi connectivity index (χ0) is 21.6. The van der Waals surface area contributed by atoms with Crippen LogP contribution in [0.4, 0.5) is 10.1 Å². The second-order valence-electron chi connectivity index (χ2n) is 6.92. The van der Waals surface area contributed by atoms with Gasteiger partial charge in [0.15, 0.2) is 6.54 Å². The summed E-state index contributed by atoms with van der Waals surface area (Å²) in [5, 5.41) is 4.38. The molecular weight excluding hydrogens is 393 g/mol. The van der Waals surface area contributed by atoms with Gasteiger partial charge in [0.05, 0.1) is 10.6 Å². The molecule has 2 aromatic rings. The Hall–Kier alpha value is -2.29. The smallest absolute Gasteiger partial charge is 0.279 e. The largest absolute Gasteiger partial charge is 0.333 e. The number of sulfonamides is 1. The molecular formula is C21H29FN3O3S+. The van der Waals surface area contributed by atoms with Crippen LogP contribution in [0.1, 0.15) is 37.9 Å². The second kappa shape index (κ2) is 9.96. The second-order valence-corrected chi connectivity index (χ2v) is 8.86. The van der Waals surface area contributed by atoms with Crippen LogP contribution in [0.2, 0.25) is 0 Å². The number of hydrogen-bond acceptors (Lipinski definition) is 3. The molecule has 0 radical (unpaired) electrons. The molecule has 1 amide bonds. The van der Waals surface area contributed by atoms with E-state index in [2.05, 4.69) is 5.32 Å². The third-order valence-electron chi connectivity index (χ3n) is 4.80. The molecule has 3 N–H and O–H groups in total. The molecule has 0 aliphatic rings. The maximum absolute atomic E-state index is 13.8. The molecule has 2 aromatic carbocycles. The molecule has 6 nitrogen and oxygen atoms in total. The Balaban J connectivity index is 1.97. The van der Waals surface area contributed by atoms with Crippen molar-refractivity contribution < 1.29 is 22.9 Å². The fourth-order valence-corrected chi connectivity index (χ4v) is 4.46. The fraction of sp³-hybridized carbons (Fsp3) is 0.381. The highest BCUT2D eigenvalue weighted by Gasteiger charge is 2.22. The van der Waals surface area contributed by atoms with Crippen molar-refractivity contribution in [3.8, 4) is 0 Å². The highest BCUT2D eigenvalue weighted by Crippen LogP contribution is 2.18. The number of anilines is 1. The lowest BCUT2D eigenvalue weighted by Crippen LogP contribution is -2.86.